The summed E-state index contributed by atoms with van der Waals surface area (Å²) in [6.07, 6.45) is 0.381. The second kappa shape index (κ2) is 5.56. The molecule has 0 aromatic carbocycles. The fourth-order valence-electron chi connectivity index (χ4n) is 0.950. The molecule has 0 saturated carbocycles. The molecule has 0 aromatic rings. The van der Waals surface area contributed by atoms with Crippen molar-refractivity contribution in [2.24, 2.45) is 5.92 Å². The van der Waals surface area contributed by atoms with Crippen LogP contribution in [0, 0.1) is 5.92 Å². The summed E-state index contributed by atoms with van der Waals surface area (Å²) in [5.41, 5.74) is 0. The van der Waals surface area contributed by atoms with Gasteiger partial charge in [-0.15, -0.1) is 0 Å². The van der Waals surface area contributed by atoms with Crippen LogP contribution < -0.4 is 5.32 Å². The third-order valence-corrected chi connectivity index (χ3v) is 1.87. The van der Waals surface area contributed by atoms with Crippen molar-refractivity contribution in [3.8, 4) is 0 Å². The summed E-state index contributed by atoms with van der Waals surface area (Å²) in [7, 11) is 0. The SMILES string of the molecule is CCC(=O)NC(CC(=O)O)C(C)C. The van der Waals surface area contributed by atoms with Crippen LogP contribution in [0.2, 0.25) is 0 Å². The van der Waals surface area contributed by atoms with Crippen LogP contribution in [0.5, 0.6) is 0 Å². The third kappa shape index (κ3) is 5.22. The lowest BCUT2D eigenvalue weighted by molar-refractivity contribution is -0.138. The van der Waals surface area contributed by atoms with Crippen molar-refractivity contribution >= 4 is 11.9 Å². The van der Waals surface area contributed by atoms with Gasteiger partial charge in [0.05, 0.1) is 6.42 Å². The Morgan fingerprint density at radius 1 is 1.38 bits per heavy atom. The minimum Gasteiger partial charge on any atom is -0.481 e. The number of nitrogens with one attached hydrogen (secondary N) is 1. The summed E-state index contributed by atoms with van der Waals surface area (Å²) >= 11 is 0. The van der Waals surface area contributed by atoms with Gasteiger partial charge >= 0.3 is 5.97 Å². The van der Waals surface area contributed by atoms with Gasteiger partial charge in [-0.2, -0.15) is 0 Å². The Bertz CT molecular complexity index is 189. The van der Waals surface area contributed by atoms with Crippen LogP contribution >= 0.6 is 0 Å². The molecule has 0 heterocycles. The topological polar surface area (TPSA) is 66.4 Å². The summed E-state index contributed by atoms with van der Waals surface area (Å²) in [5.74, 6) is -0.832. The van der Waals surface area contributed by atoms with Crippen LogP contribution in [0.1, 0.15) is 33.6 Å². The molecule has 1 unspecified atom stereocenters. The van der Waals surface area contributed by atoms with Crippen molar-refractivity contribution in [2.75, 3.05) is 0 Å². The van der Waals surface area contributed by atoms with Gasteiger partial charge in [0.15, 0.2) is 0 Å². The lowest BCUT2D eigenvalue weighted by Gasteiger charge is -2.20. The molecule has 4 nitrogen and oxygen atoms in total. The molecule has 0 saturated heterocycles. The maximum atomic E-state index is 11.0. The summed E-state index contributed by atoms with van der Waals surface area (Å²) in [4.78, 5) is 21.4. The van der Waals surface area contributed by atoms with E-state index < -0.39 is 5.97 Å². The molecule has 0 spiro atoms. The maximum Gasteiger partial charge on any atom is 0.305 e. The number of carbonyl (C=O) groups excluding carboxylic acids is 1. The monoisotopic (exact) mass is 187 g/mol. The Labute approximate surface area is 78.3 Å². The van der Waals surface area contributed by atoms with Crippen LogP contribution in [0.25, 0.3) is 0 Å². The second-order valence-corrected chi connectivity index (χ2v) is 3.37. The third-order valence-electron chi connectivity index (χ3n) is 1.87. The number of carboxylic acids is 1. The molecule has 13 heavy (non-hydrogen) atoms. The first-order chi connectivity index (χ1) is 5.97. The molecule has 0 rings (SSSR count). The Morgan fingerprint density at radius 2 is 1.92 bits per heavy atom. The quantitative estimate of drug-likeness (QED) is 0.675. The van der Waals surface area contributed by atoms with Crippen molar-refractivity contribution in [1.29, 1.82) is 0 Å². The van der Waals surface area contributed by atoms with E-state index in [4.69, 9.17) is 5.11 Å². The van der Waals surface area contributed by atoms with Gasteiger partial charge < -0.3 is 10.4 Å². The van der Waals surface area contributed by atoms with Crippen LogP contribution in [0.3, 0.4) is 0 Å². The molecule has 0 aromatic heterocycles. The predicted molar refractivity (Wildman–Crippen MR) is 49.3 cm³/mol. The lowest BCUT2D eigenvalue weighted by atomic mass is 10.0. The van der Waals surface area contributed by atoms with Gasteiger partial charge in [0.25, 0.3) is 0 Å². The Morgan fingerprint density at radius 3 is 2.23 bits per heavy atom. The zero-order chi connectivity index (χ0) is 10.4. The molecule has 76 valence electrons. The average molecular weight is 187 g/mol. The van der Waals surface area contributed by atoms with Gasteiger partial charge in [0.1, 0.15) is 0 Å². The smallest absolute Gasteiger partial charge is 0.305 e. The number of amides is 1. The Kier molecular flexibility index (Phi) is 5.11. The van der Waals surface area contributed by atoms with Gasteiger partial charge in [-0.3, -0.25) is 9.59 Å². The molecule has 0 aliphatic heterocycles. The first-order valence-corrected chi connectivity index (χ1v) is 4.48. The van der Waals surface area contributed by atoms with Gasteiger partial charge in [-0.1, -0.05) is 20.8 Å². The van der Waals surface area contributed by atoms with E-state index >= 15 is 0 Å². The van der Waals surface area contributed by atoms with E-state index in [0.29, 0.717) is 6.42 Å². The fourth-order valence-corrected chi connectivity index (χ4v) is 0.950. The van der Waals surface area contributed by atoms with Crippen molar-refractivity contribution in [3.05, 3.63) is 0 Å². The average Bonchev–Trinajstić information content (AvgIpc) is 2.02. The van der Waals surface area contributed by atoms with E-state index in [1.54, 1.807) is 6.92 Å². The number of hydrogen-bond donors (Lipinski definition) is 2. The molecule has 0 aliphatic rings. The van der Waals surface area contributed by atoms with E-state index in [1.807, 2.05) is 13.8 Å². The fraction of sp³-hybridized carbons (Fsp3) is 0.778. The highest BCUT2D eigenvalue weighted by Gasteiger charge is 2.18. The van der Waals surface area contributed by atoms with Crippen molar-refractivity contribution in [2.45, 2.75) is 39.7 Å². The Hall–Kier alpha value is -1.06. The minimum atomic E-state index is -0.880. The normalized spacial score (nSPS) is 12.6. The highest BCUT2D eigenvalue weighted by Crippen LogP contribution is 2.06. The molecule has 0 bridgehead atoms. The summed E-state index contributed by atoms with van der Waals surface area (Å²) in [6.45, 7) is 5.53. The van der Waals surface area contributed by atoms with Gasteiger partial charge in [-0.25, -0.2) is 0 Å². The van der Waals surface area contributed by atoms with E-state index in [1.165, 1.54) is 0 Å². The lowest BCUT2D eigenvalue weighted by Crippen LogP contribution is -2.39. The van der Waals surface area contributed by atoms with E-state index in [9.17, 15) is 9.59 Å². The van der Waals surface area contributed by atoms with Gasteiger partial charge in [0, 0.05) is 12.5 Å². The Balaban J connectivity index is 4.09. The van der Waals surface area contributed by atoms with Crippen molar-refractivity contribution in [1.82, 2.24) is 5.32 Å². The maximum absolute atomic E-state index is 11.0. The first-order valence-electron chi connectivity index (χ1n) is 4.48. The standard InChI is InChI=1S/C9H17NO3/c1-4-8(11)10-7(6(2)3)5-9(12)13/h6-7H,4-5H2,1-3H3,(H,10,11)(H,12,13). The van der Waals surface area contributed by atoms with E-state index in [2.05, 4.69) is 5.32 Å². The minimum absolute atomic E-state index is 0.0105. The predicted octanol–water partition coefficient (Wildman–Crippen LogP) is 1.01. The molecule has 1 amide bonds. The molecular formula is C9H17NO3. The van der Waals surface area contributed by atoms with Gasteiger partial charge in [0.2, 0.25) is 5.91 Å². The van der Waals surface area contributed by atoms with Crippen LogP contribution in [-0.2, 0) is 9.59 Å². The number of carbonyl (C=O) groups is 2. The van der Waals surface area contributed by atoms with Gasteiger partial charge in [-0.05, 0) is 5.92 Å². The second-order valence-electron chi connectivity index (χ2n) is 3.37. The summed E-state index contributed by atoms with van der Waals surface area (Å²) < 4.78 is 0. The molecular weight excluding hydrogens is 170 g/mol. The molecule has 0 fully saturated rings. The molecule has 0 aliphatic carbocycles. The van der Waals surface area contributed by atoms with Crippen molar-refractivity contribution in [3.63, 3.8) is 0 Å². The van der Waals surface area contributed by atoms with E-state index in [0.717, 1.165) is 0 Å². The van der Waals surface area contributed by atoms with E-state index in [-0.39, 0.29) is 24.3 Å². The van der Waals surface area contributed by atoms with Crippen LogP contribution in [0.4, 0.5) is 0 Å². The number of carboxylic acid groups (broad SMARTS) is 1. The number of aliphatic carboxylic acids is 1. The van der Waals surface area contributed by atoms with Crippen LogP contribution in [0.15, 0.2) is 0 Å². The molecule has 4 heteroatoms. The van der Waals surface area contributed by atoms with Crippen molar-refractivity contribution < 1.29 is 14.7 Å². The highest BCUT2D eigenvalue weighted by molar-refractivity contribution is 5.77. The number of hydrogen-bond acceptors (Lipinski definition) is 2. The largest absolute Gasteiger partial charge is 0.481 e. The molecule has 0 radical (unpaired) electrons. The molecule has 1 atom stereocenters. The zero-order valence-corrected chi connectivity index (χ0v) is 8.33. The zero-order valence-electron chi connectivity index (χ0n) is 8.33. The molecule has 2 N–H and O–H groups in total. The first kappa shape index (κ1) is 11.9. The number of rotatable bonds is 5. The summed E-state index contributed by atoms with van der Waals surface area (Å²) in [5, 5.41) is 11.2. The summed E-state index contributed by atoms with van der Waals surface area (Å²) in [6, 6.07) is -0.259. The highest BCUT2D eigenvalue weighted by atomic mass is 16.4. The van der Waals surface area contributed by atoms with Crippen LogP contribution in [-0.4, -0.2) is 23.0 Å².